The van der Waals surface area contributed by atoms with E-state index in [2.05, 4.69) is 0 Å². The lowest BCUT2D eigenvalue weighted by Crippen LogP contribution is -2.28. The number of hydrogen-bond acceptors (Lipinski definition) is 6. The molecule has 0 radical (unpaired) electrons. The van der Waals surface area contributed by atoms with Gasteiger partial charge in [0.2, 0.25) is 0 Å². The van der Waals surface area contributed by atoms with Gasteiger partial charge in [0.25, 0.3) is 0 Å². The fraction of sp³-hybridized carbons (Fsp3) is 0.182. The number of carbonyl (C=O) groups excluding carboxylic acids is 2. The van der Waals surface area contributed by atoms with Crippen molar-refractivity contribution >= 4 is 27.3 Å². The maximum Gasteiger partial charge on any atom is 0.352 e. The lowest BCUT2D eigenvalue weighted by Gasteiger charge is -2.25. The number of ether oxygens (including phenoxy) is 4. The second kappa shape index (κ2) is 12.9. The van der Waals surface area contributed by atoms with Crippen LogP contribution in [0.1, 0.15) is 34.5 Å². The second-order valence-corrected chi connectivity index (χ2v) is 11.0. The molecule has 0 saturated carbocycles. The molecule has 0 bridgehead atoms. The van der Waals surface area contributed by atoms with E-state index in [1.807, 2.05) is 109 Å². The molecule has 1 aliphatic rings. The molecular formula is C33H30O6S. The predicted octanol–water partition coefficient (Wildman–Crippen LogP) is 6.42. The first-order valence-electron chi connectivity index (χ1n) is 12.9. The van der Waals surface area contributed by atoms with Gasteiger partial charge in [0.1, 0.15) is 25.4 Å². The number of methoxy groups -OCH3 is 2. The second-order valence-electron chi connectivity index (χ2n) is 9.15. The maximum absolute atomic E-state index is 13.9. The van der Waals surface area contributed by atoms with Crippen molar-refractivity contribution in [1.82, 2.24) is 0 Å². The quantitative estimate of drug-likeness (QED) is 0.142. The van der Waals surface area contributed by atoms with Gasteiger partial charge in [-0.15, -0.1) is 10.5 Å². The van der Waals surface area contributed by atoms with E-state index in [1.54, 1.807) is 14.2 Å². The zero-order chi connectivity index (χ0) is 27.9. The number of benzene rings is 4. The third kappa shape index (κ3) is 5.77. The Morgan fingerprint density at radius 2 is 0.950 bits per heavy atom. The van der Waals surface area contributed by atoms with Crippen molar-refractivity contribution in [1.29, 1.82) is 0 Å². The van der Waals surface area contributed by atoms with Gasteiger partial charge >= 0.3 is 11.9 Å². The molecule has 0 amide bonds. The Labute approximate surface area is 236 Å². The summed E-state index contributed by atoms with van der Waals surface area (Å²) in [7, 11) is 2.10. The van der Waals surface area contributed by atoms with E-state index in [-0.39, 0.29) is 18.1 Å². The van der Waals surface area contributed by atoms with Gasteiger partial charge in [0, 0.05) is 24.0 Å². The first kappa shape index (κ1) is 27.5. The first-order valence-corrected chi connectivity index (χ1v) is 14.1. The summed E-state index contributed by atoms with van der Waals surface area (Å²) in [5, 5.41) is 0. The summed E-state index contributed by atoms with van der Waals surface area (Å²) in [4.78, 5) is 29.3. The molecule has 1 heterocycles. The summed E-state index contributed by atoms with van der Waals surface area (Å²) in [5.41, 5.74) is 3.30. The Morgan fingerprint density at radius 1 is 0.575 bits per heavy atom. The van der Waals surface area contributed by atoms with Crippen LogP contribution in [-0.4, -0.2) is 31.0 Å². The van der Waals surface area contributed by atoms with E-state index in [1.165, 1.54) is 0 Å². The fourth-order valence-corrected chi connectivity index (χ4v) is 7.19. The van der Waals surface area contributed by atoms with Crippen LogP contribution in [0, 0.1) is 0 Å². The van der Waals surface area contributed by atoms with Gasteiger partial charge in [-0.05, 0) is 34.4 Å². The summed E-state index contributed by atoms with van der Waals surface area (Å²) in [6.07, 6.45) is -0.913. The fourth-order valence-electron chi connectivity index (χ4n) is 4.80. The molecule has 0 unspecified atom stereocenters. The van der Waals surface area contributed by atoms with Gasteiger partial charge in [-0.1, -0.05) is 97.1 Å². The number of fused-ring (bicyclic) bond motifs is 2. The van der Waals surface area contributed by atoms with Crippen molar-refractivity contribution < 1.29 is 28.5 Å². The van der Waals surface area contributed by atoms with E-state index in [0.29, 0.717) is 0 Å². The molecule has 0 N–H and O–H groups in total. The van der Waals surface area contributed by atoms with E-state index >= 15 is 0 Å². The molecule has 6 nitrogen and oxygen atoms in total. The molecule has 204 valence electrons. The molecule has 2 atom stereocenters. The highest BCUT2D eigenvalue weighted by atomic mass is 32.2. The lowest BCUT2D eigenvalue weighted by molar-refractivity contribution is -0.141. The van der Waals surface area contributed by atoms with Crippen LogP contribution in [0.2, 0.25) is 0 Å². The van der Waals surface area contributed by atoms with Crippen LogP contribution in [0.3, 0.4) is 0 Å². The van der Waals surface area contributed by atoms with Gasteiger partial charge in [-0.25, -0.2) is 9.59 Å². The molecular weight excluding hydrogens is 524 g/mol. The Morgan fingerprint density at radius 3 is 1.35 bits per heavy atom. The van der Waals surface area contributed by atoms with Gasteiger partial charge in [0.05, 0.1) is 0 Å². The van der Waals surface area contributed by atoms with Gasteiger partial charge in [-0.3, -0.25) is 0 Å². The molecule has 0 aliphatic carbocycles. The highest BCUT2D eigenvalue weighted by molar-refractivity contribution is 8.18. The van der Waals surface area contributed by atoms with E-state index in [0.717, 1.165) is 32.0 Å². The summed E-state index contributed by atoms with van der Waals surface area (Å²) in [6.45, 7) is 0.0497. The van der Waals surface area contributed by atoms with Crippen LogP contribution in [-0.2, 0) is 41.8 Å². The first-order chi connectivity index (χ1) is 19.6. The Kier molecular flexibility index (Phi) is 8.86. The summed E-state index contributed by atoms with van der Waals surface area (Å²) in [6, 6.07) is 34.1. The molecule has 1 aliphatic heterocycles. The minimum atomic E-state index is -1.16. The molecule has 0 saturated heterocycles. The van der Waals surface area contributed by atoms with Crippen LogP contribution < -0.4 is 0 Å². The normalized spacial score (nSPS) is 16.2. The molecule has 5 rings (SSSR count). The summed E-state index contributed by atoms with van der Waals surface area (Å²) >= 11 is 0. The predicted molar refractivity (Wildman–Crippen MR) is 154 cm³/mol. The topological polar surface area (TPSA) is 71.1 Å². The lowest BCUT2D eigenvalue weighted by atomic mass is 9.98. The number of esters is 2. The SMILES string of the molecule is CO[C@@H]1c2ccccc2S(=C(C(=O)OCc2ccccc2)C(=O)OCc2ccccc2)c2ccccc2[C@H]1OC. The minimum absolute atomic E-state index is 0.0248. The van der Waals surface area contributed by atoms with Crippen molar-refractivity contribution in [3.8, 4) is 0 Å². The molecule has 7 heteroatoms. The monoisotopic (exact) mass is 554 g/mol. The third-order valence-electron chi connectivity index (χ3n) is 6.67. The van der Waals surface area contributed by atoms with Crippen LogP contribution in [0.25, 0.3) is 0 Å². The van der Waals surface area contributed by atoms with Crippen molar-refractivity contribution in [2.45, 2.75) is 35.2 Å². The van der Waals surface area contributed by atoms with Gasteiger partial charge in [-0.2, -0.15) is 0 Å². The molecule has 0 spiro atoms. The number of carbonyl (C=O) groups is 2. The highest BCUT2D eigenvalue weighted by Gasteiger charge is 2.37. The average Bonchev–Trinajstić information content (AvgIpc) is 3.12. The van der Waals surface area contributed by atoms with Crippen LogP contribution >= 0.6 is 10.5 Å². The van der Waals surface area contributed by atoms with Crippen molar-refractivity contribution in [2.75, 3.05) is 14.2 Å². The largest absolute Gasteiger partial charge is 0.457 e. The standard InChI is InChI=1S/C33H30O6S/c1-36-29-25-17-9-11-19-27(25)40(28-20-12-10-18-26(28)30(29)37-2)31(32(34)38-21-23-13-5-3-6-14-23)33(35)39-22-24-15-7-4-8-16-24/h3-20,29-30H,21-22H2,1-2H3/t29-,30-/m1/s1. The Bertz CT molecular complexity index is 1400. The third-order valence-corrected chi connectivity index (χ3v) is 9.04. The smallest absolute Gasteiger partial charge is 0.352 e. The molecule has 4 aromatic rings. The molecule has 4 aromatic carbocycles. The van der Waals surface area contributed by atoms with E-state index in [9.17, 15) is 9.59 Å². The number of rotatable bonds is 8. The summed E-state index contributed by atoms with van der Waals surface area (Å²) < 4.78 is 23.4. The van der Waals surface area contributed by atoms with Crippen LogP contribution in [0.5, 0.6) is 0 Å². The van der Waals surface area contributed by atoms with E-state index in [4.69, 9.17) is 18.9 Å². The van der Waals surface area contributed by atoms with Crippen LogP contribution in [0.4, 0.5) is 0 Å². The van der Waals surface area contributed by atoms with E-state index < -0.39 is 34.6 Å². The summed E-state index contributed by atoms with van der Waals surface area (Å²) in [5.74, 6) is -1.45. The maximum atomic E-state index is 13.9. The molecule has 40 heavy (non-hydrogen) atoms. The Hall–Kier alpha value is -4.04. The average molecular weight is 555 g/mol. The highest BCUT2D eigenvalue weighted by Crippen LogP contribution is 2.52. The molecule has 0 fully saturated rings. The Balaban J connectivity index is 1.69. The zero-order valence-electron chi connectivity index (χ0n) is 22.3. The van der Waals surface area contributed by atoms with Crippen molar-refractivity contribution in [3.05, 3.63) is 131 Å². The minimum Gasteiger partial charge on any atom is -0.457 e. The zero-order valence-corrected chi connectivity index (χ0v) is 23.1. The van der Waals surface area contributed by atoms with Crippen molar-refractivity contribution in [2.24, 2.45) is 0 Å². The van der Waals surface area contributed by atoms with Gasteiger partial charge in [0.15, 0.2) is 4.86 Å². The molecule has 0 aromatic heterocycles. The van der Waals surface area contributed by atoms with Crippen molar-refractivity contribution in [3.63, 3.8) is 0 Å². The van der Waals surface area contributed by atoms with Gasteiger partial charge < -0.3 is 18.9 Å². The number of hydrogen-bond donors (Lipinski definition) is 0. The van der Waals surface area contributed by atoms with Crippen LogP contribution in [0.15, 0.2) is 119 Å².